The Morgan fingerprint density at radius 2 is 1.04 bits per heavy atom. The third-order valence-electron chi connectivity index (χ3n) is 3.98. The fraction of sp³-hybridized carbons (Fsp3) is 0.895. The van der Waals surface area contributed by atoms with Crippen LogP contribution in [0.2, 0.25) is 0 Å². The quantitative estimate of drug-likeness (QED) is 0.349. The smallest absolute Gasteiger partial charge is 0.311 e. The molecule has 0 fully saturated rings. The zero-order valence-corrected chi connectivity index (χ0v) is 16.8. The molecule has 6 heteroatoms. The second-order valence-corrected chi connectivity index (χ2v) is 7.29. The highest BCUT2D eigenvalue weighted by Gasteiger charge is 2.29. The van der Waals surface area contributed by atoms with Crippen LogP contribution in [0.4, 0.5) is 0 Å². The lowest BCUT2D eigenvalue weighted by Crippen LogP contribution is -2.28. The fourth-order valence-corrected chi connectivity index (χ4v) is 1.98. The first-order chi connectivity index (χ1) is 11.7. The molecule has 0 rings (SSSR count). The van der Waals surface area contributed by atoms with Crippen LogP contribution in [0, 0.1) is 10.8 Å². The zero-order chi connectivity index (χ0) is 19.3. The summed E-state index contributed by atoms with van der Waals surface area (Å²) in [4.78, 5) is 23.5. The van der Waals surface area contributed by atoms with E-state index in [-0.39, 0.29) is 11.9 Å². The summed E-state index contributed by atoms with van der Waals surface area (Å²) in [5.74, 6) is -0.378. The summed E-state index contributed by atoms with van der Waals surface area (Å²) in [5, 5.41) is 0. The van der Waals surface area contributed by atoms with Gasteiger partial charge in [-0.05, 0) is 60.8 Å². The van der Waals surface area contributed by atoms with Crippen LogP contribution >= 0.6 is 0 Å². The lowest BCUT2D eigenvalue weighted by atomic mass is 9.90. The Bertz CT molecular complexity index is 353. The topological polar surface area (TPSA) is 71.1 Å². The summed E-state index contributed by atoms with van der Waals surface area (Å²) in [7, 11) is 0. The maximum Gasteiger partial charge on any atom is 0.311 e. The highest BCUT2D eigenvalue weighted by atomic mass is 16.5. The second-order valence-electron chi connectivity index (χ2n) is 7.29. The monoisotopic (exact) mass is 360 g/mol. The van der Waals surface area contributed by atoms with Gasteiger partial charge in [0.1, 0.15) is 0 Å². The van der Waals surface area contributed by atoms with Gasteiger partial charge in [0.15, 0.2) is 0 Å². The number of esters is 2. The minimum Gasteiger partial charge on any atom is -0.466 e. The molecule has 0 heterocycles. The van der Waals surface area contributed by atoms with Gasteiger partial charge in [0.05, 0.1) is 24.0 Å². The maximum absolute atomic E-state index is 11.7. The first-order valence-corrected chi connectivity index (χ1v) is 9.17. The van der Waals surface area contributed by atoms with Gasteiger partial charge in [0, 0.05) is 26.4 Å². The summed E-state index contributed by atoms with van der Waals surface area (Å²) >= 11 is 0. The molecule has 0 bridgehead atoms. The molecular formula is C19H36O6. The van der Waals surface area contributed by atoms with Gasteiger partial charge in [-0.2, -0.15) is 0 Å². The van der Waals surface area contributed by atoms with E-state index in [1.807, 2.05) is 27.7 Å². The van der Waals surface area contributed by atoms with Crippen molar-refractivity contribution < 1.29 is 28.5 Å². The van der Waals surface area contributed by atoms with Gasteiger partial charge in [-0.1, -0.05) is 0 Å². The van der Waals surface area contributed by atoms with Gasteiger partial charge < -0.3 is 18.9 Å². The minimum atomic E-state index is -0.523. The molecule has 0 aliphatic rings. The number of carbonyl (C=O) groups is 2. The van der Waals surface area contributed by atoms with Crippen LogP contribution in [0.15, 0.2) is 0 Å². The molecule has 0 aromatic heterocycles. The molecule has 0 aliphatic carbocycles. The average Bonchev–Trinajstić information content (AvgIpc) is 2.53. The molecule has 0 radical (unpaired) electrons. The van der Waals surface area contributed by atoms with Crippen LogP contribution in [-0.2, 0) is 28.5 Å². The van der Waals surface area contributed by atoms with Crippen molar-refractivity contribution in [1.82, 2.24) is 0 Å². The van der Waals surface area contributed by atoms with Crippen molar-refractivity contribution in [2.45, 2.75) is 60.8 Å². The van der Waals surface area contributed by atoms with Crippen molar-refractivity contribution in [1.29, 1.82) is 0 Å². The summed E-state index contributed by atoms with van der Waals surface area (Å²) in [6, 6.07) is 0. The summed E-state index contributed by atoms with van der Waals surface area (Å²) in [6.07, 6.45) is 2.03. The van der Waals surface area contributed by atoms with Crippen molar-refractivity contribution in [2.24, 2.45) is 10.8 Å². The van der Waals surface area contributed by atoms with Gasteiger partial charge in [0.2, 0.25) is 0 Å². The van der Waals surface area contributed by atoms with Crippen LogP contribution in [0.3, 0.4) is 0 Å². The number of hydrogen-bond donors (Lipinski definition) is 0. The van der Waals surface area contributed by atoms with E-state index < -0.39 is 10.8 Å². The van der Waals surface area contributed by atoms with E-state index in [1.165, 1.54) is 0 Å². The van der Waals surface area contributed by atoms with Gasteiger partial charge >= 0.3 is 11.9 Å². The lowest BCUT2D eigenvalue weighted by molar-refractivity contribution is -0.155. The molecule has 148 valence electrons. The van der Waals surface area contributed by atoms with E-state index in [2.05, 4.69) is 0 Å². The van der Waals surface area contributed by atoms with Crippen molar-refractivity contribution in [3.8, 4) is 0 Å². The number of rotatable bonds is 14. The van der Waals surface area contributed by atoms with Gasteiger partial charge in [-0.25, -0.2) is 0 Å². The minimum absolute atomic E-state index is 0.189. The van der Waals surface area contributed by atoms with Crippen molar-refractivity contribution in [3.05, 3.63) is 0 Å². The number of ether oxygens (including phenoxy) is 4. The van der Waals surface area contributed by atoms with Crippen molar-refractivity contribution >= 4 is 11.9 Å². The molecule has 0 saturated heterocycles. The molecule has 6 nitrogen and oxygen atoms in total. The van der Waals surface area contributed by atoms with E-state index in [0.717, 1.165) is 6.42 Å². The standard InChI is InChI=1S/C19H36O6/c1-7-24-16(20)18(3,4)10-14-22-12-9-13-23-15-11-19(5,6)17(21)25-8-2/h7-15H2,1-6H3. The Balaban J connectivity index is 3.68. The molecule has 0 aliphatic heterocycles. The maximum atomic E-state index is 11.7. The van der Waals surface area contributed by atoms with E-state index >= 15 is 0 Å². The van der Waals surface area contributed by atoms with Crippen LogP contribution in [-0.4, -0.2) is 51.6 Å². The van der Waals surface area contributed by atoms with Crippen LogP contribution in [0.5, 0.6) is 0 Å². The van der Waals surface area contributed by atoms with Gasteiger partial charge in [0.25, 0.3) is 0 Å². The molecule has 0 amide bonds. The SMILES string of the molecule is CCOC(=O)C(C)(C)CCOCCCOCCC(C)(C)C(=O)OCC. The number of hydrogen-bond acceptors (Lipinski definition) is 6. The van der Waals surface area contributed by atoms with Crippen LogP contribution in [0.25, 0.3) is 0 Å². The molecule has 0 saturated carbocycles. The normalized spacial score (nSPS) is 12.1. The lowest BCUT2D eigenvalue weighted by Gasteiger charge is -2.22. The second kappa shape index (κ2) is 12.3. The predicted octanol–water partition coefficient (Wildman–Crippen LogP) is 3.37. The average molecular weight is 360 g/mol. The van der Waals surface area contributed by atoms with Crippen molar-refractivity contribution in [2.75, 3.05) is 39.6 Å². The number of carbonyl (C=O) groups excluding carboxylic acids is 2. The predicted molar refractivity (Wildman–Crippen MR) is 96.3 cm³/mol. The Labute approximate surface area is 152 Å². The first kappa shape index (κ1) is 23.9. The Morgan fingerprint density at radius 1 is 0.680 bits per heavy atom. The Hall–Kier alpha value is -1.14. The van der Waals surface area contributed by atoms with E-state index in [0.29, 0.717) is 52.5 Å². The summed E-state index contributed by atoms with van der Waals surface area (Å²) < 4.78 is 21.2. The Kier molecular flexibility index (Phi) is 11.7. The highest BCUT2D eigenvalue weighted by Crippen LogP contribution is 2.23. The molecule has 0 atom stereocenters. The molecule has 0 aromatic rings. The van der Waals surface area contributed by atoms with E-state index in [1.54, 1.807) is 13.8 Å². The largest absolute Gasteiger partial charge is 0.466 e. The molecule has 25 heavy (non-hydrogen) atoms. The van der Waals surface area contributed by atoms with Crippen molar-refractivity contribution in [3.63, 3.8) is 0 Å². The van der Waals surface area contributed by atoms with E-state index in [4.69, 9.17) is 18.9 Å². The molecule has 0 aromatic carbocycles. The molecule has 0 spiro atoms. The first-order valence-electron chi connectivity index (χ1n) is 9.17. The summed E-state index contributed by atoms with van der Waals surface area (Å²) in [6.45, 7) is 14.1. The van der Waals surface area contributed by atoms with E-state index in [9.17, 15) is 9.59 Å². The van der Waals surface area contributed by atoms with Gasteiger partial charge in [-0.15, -0.1) is 0 Å². The summed E-state index contributed by atoms with van der Waals surface area (Å²) in [5.41, 5.74) is -1.05. The van der Waals surface area contributed by atoms with Gasteiger partial charge in [-0.3, -0.25) is 9.59 Å². The molecule has 0 N–H and O–H groups in total. The Morgan fingerprint density at radius 3 is 1.36 bits per heavy atom. The zero-order valence-electron chi connectivity index (χ0n) is 16.8. The molecule has 0 unspecified atom stereocenters. The third-order valence-corrected chi connectivity index (χ3v) is 3.98. The fourth-order valence-electron chi connectivity index (χ4n) is 1.98. The highest BCUT2D eigenvalue weighted by molar-refractivity contribution is 5.76. The van der Waals surface area contributed by atoms with Crippen LogP contribution in [0.1, 0.15) is 60.8 Å². The molecular weight excluding hydrogens is 324 g/mol. The van der Waals surface area contributed by atoms with Crippen LogP contribution < -0.4 is 0 Å². The third kappa shape index (κ3) is 10.4.